The molecule has 2 N–H and O–H groups in total. The van der Waals surface area contributed by atoms with Crippen molar-refractivity contribution in [1.29, 1.82) is 5.26 Å². The number of nitrogens with zero attached hydrogens (tertiary/aromatic N) is 5. The summed E-state index contributed by atoms with van der Waals surface area (Å²) in [7, 11) is 0. The highest BCUT2D eigenvalue weighted by atomic mass is 15.2. The van der Waals surface area contributed by atoms with Crippen molar-refractivity contribution in [2.45, 2.75) is 31.8 Å². The van der Waals surface area contributed by atoms with Gasteiger partial charge in [-0.2, -0.15) is 5.26 Å². The number of pyridine rings is 1. The van der Waals surface area contributed by atoms with E-state index in [-0.39, 0.29) is 6.04 Å². The van der Waals surface area contributed by atoms with Gasteiger partial charge in [-0.05, 0) is 49.0 Å². The number of fused-ring (bicyclic) bond motifs is 1. The monoisotopic (exact) mass is 409 g/mol. The molecule has 31 heavy (non-hydrogen) atoms. The lowest BCUT2D eigenvalue weighted by Gasteiger charge is -2.34. The van der Waals surface area contributed by atoms with Crippen molar-refractivity contribution in [2.75, 3.05) is 11.9 Å². The SMILES string of the molecule is N#Cc1ccc(Nc2cnc(C3CCCCN3Cc3cc4ccccc4[nH]3)cn2)cn1. The van der Waals surface area contributed by atoms with E-state index in [0.717, 1.165) is 30.9 Å². The molecule has 0 radical (unpaired) electrons. The van der Waals surface area contributed by atoms with E-state index in [9.17, 15) is 0 Å². The van der Waals surface area contributed by atoms with Crippen molar-refractivity contribution in [3.8, 4) is 6.07 Å². The van der Waals surface area contributed by atoms with Gasteiger partial charge in [-0.15, -0.1) is 0 Å². The number of para-hydroxylation sites is 1. The quantitative estimate of drug-likeness (QED) is 0.496. The van der Waals surface area contributed by atoms with Gasteiger partial charge in [0.25, 0.3) is 0 Å². The molecule has 154 valence electrons. The summed E-state index contributed by atoms with van der Waals surface area (Å²) < 4.78 is 0. The minimum atomic E-state index is 0.262. The summed E-state index contributed by atoms with van der Waals surface area (Å²) in [4.78, 5) is 19.4. The van der Waals surface area contributed by atoms with Crippen molar-refractivity contribution in [3.63, 3.8) is 0 Å². The average Bonchev–Trinajstić information content (AvgIpc) is 3.23. The van der Waals surface area contributed by atoms with Crippen molar-refractivity contribution in [3.05, 3.63) is 78.1 Å². The third-order valence-corrected chi connectivity index (χ3v) is 5.74. The molecule has 0 aliphatic carbocycles. The first-order valence-corrected chi connectivity index (χ1v) is 10.5. The summed E-state index contributed by atoms with van der Waals surface area (Å²) in [5.74, 6) is 0.660. The van der Waals surface area contributed by atoms with E-state index in [1.54, 1.807) is 18.5 Å². The van der Waals surface area contributed by atoms with Crippen LogP contribution in [0.4, 0.5) is 11.5 Å². The summed E-state index contributed by atoms with van der Waals surface area (Å²) >= 11 is 0. The molecule has 1 aliphatic rings. The van der Waals surface area contributed by atoms with Crippen LogP contribution in [0.15, 0.2) is 61.1 Å². The second-order valence-electron chi connectivity index (χ2n) is 7.86. The number of hydrogen-bond donors (Lipinski definition) is 2. The smallest absolute Gasteiger partial charge is 0.148 e. The molecule has 0 bridgehead atoms. The van der Waals surface area contributed by atoms with Crippen molar-refractivity contribution in [2.24, 2.45) is 0 Å². The van der Waals surface area contributed by atoms with Crippen LogP contribution in [-0.4, -0.2) is 31.4 Å². The lowest BCUT2D eigenvalue weighted by molar-refractivity contribution is 0.135. The largest absolute Gasteiger partial charge is 0.357 e. The highest BCUT2D eigenvalue weighted by molar-refractivity contribution is 5.80. The van der Waals surface area contributed by atoms with Gasteiger partial charge in [-0.1, -0.05) is 24.6 Å². The number of nitrogens with one attached hydrogen (secondary N) is 2. The topological polar surface area (TPSA) is 93.5 Å². The molecule has 5 rings (SSSR count). The van der Waals surface area contributed by atoms with Gasteiger partial charge in [0.1, 0.15) is 17.6 Å². The van der Waals surface area contributed by atoms with Gasteiger partial charge in [0.2, 0.25) is 0 Å². The molecule has 1 aliphatic heterocycles. The number of nitriles is 1. The Morgan fingerprint density at radius 1 is 1.06 bits per heavy atom. The normalized spacial score (nSPS) is 16.8. The zero-order valence-electron chi connectivity index (χ0n) is 17.1. The number of piperidine rings is 1. The fraction of sp³-hybridized carbons (Fsp3) is 0.250. The van der Waals surface area contributed by atoms with Crippen LogP contribution in [-0.2, 0) is 6.54 Å². The zero-order valence-corrected chi connectivity index (χ0v) is 17.1. The Morgan fingerprint density at radius 2 is 2.00 bits per heavy atom. The Morgan fingerprint density at radius 3 is 2.77 bits per heavy atom. The van der Waals surface area contributed by atoms with E-state index in [0.29, 0.717) is 11.5 Å². The molecule has 1 unspecified atom stereocenters. The Kier molecular flexibility index (Phi) is 5.29. The van der Waals surface area contributed by atoms with E-state index in [2.05, 4.69) is 55.5 Å². The van der Waals surface area contributed by atoms with Crippen LogP contribution in [0.25, 0.3) is 10.9 Å². The average molecular weight is 409 g/mol. The van der Waals surface area contributed by atoms with Crippen molar-refractivity contribution < 1.29 is 0 Å². The molecule has 1 fully saturated rings. The van der Waals surface area contributed by atoms with Gasteiger partial charge in [0.15, 0.2) is 0 Å². The van der Waals surface area contributed by atoms with Gasteiger partial charge < -0.3 is 10.3 Å². The maximum Gasteiger partial charge on any atom is 0.148 e. The second-order valence-corrected chi connectivity index (χ2v) is 7.86. The first-order chi connectivity index (χ1) is 15.3. The number of aromatic amines is 1. The highest BCUT2D eigenvalue weighted by Gasteiger charge is 2.25. The number of anilines is 2. The van der Waals surface area contributed by atoms with Gasteiger partial charge in [0, 0.05) is 17.8 Å². The van der Waals surface area contributed by atoms with E-state index < -0.39 is 0 Å². The Bertz CT molecular complexity index is 1170. The summed E-state index contributed by atoms with van der Waals surface area (Å²) in [5.41, 5.74) is 4.57. The van der Waals surface area contributed by atoms with Crippen LogP contribution in [0.1, 0.15) is 42.4 Å². The third kappa shape index (κ3) is 4.25. The highest BCUT2D eigenvalue weighted by Crippen LogP contribution is 2.31. The molecule has 7 nitrogen and oxygen atoms in total. The molecule has 4 aromatic rings. The minimum absolute atomic E-state index is 0.262. The first kappa shape index (κ1) is 19.2. The predicted octanol–water partition coefficient (Wildman–Crippen LogP) is 4.70. The minimum Gasteiger partial charge on any atom is -0.357 e. The van der Waals surface area contributed by atoms with Crippen LogP contribution < -0.4 is 5.32 Å². The van der Waals surface area contributed by atoms with Crippen LogP contribution in [0.2, 0.25) is 0 Å². The number of benzene rings is 1. The van der Waals surface area contributed by atoms with E-state index >= 15 is 0 Å². The van der Waals surface area contributed by atoms with E-state index in [1.165, 1.54) is 29.4 Å². The molecule has 1 saturated heterocycles. The lowest BCUT2D eigenvalue weighted by Crippen LogP contribution is -2.33. The Hall–Kier alpha value is -3.76. The third-order valence-electron chi connectivity index (χ3n) is 5.74. The van der Waals surface area contributed by atoms with E-state index in [1.807, 2.05) is 18.3 Å². The molecule has 0 amide bonds. The first-order valence-electron chi connectivity index (χ1n) is 10.5. The van der Waals surface area contributed by atoms with Gasteiger partial charge in [-0.25, -0.2) is 9.97 Å². The van der Waals surface area contributed by atoms with Crippen LogP contribution >= 0.6 is 0 Å². The summed E-state index contributed by atoms with van der Waals surface area (Å²) in [5, 5.41) is 13.3. The standard InChI is InChI=1S/C24H23N7/c25-12-18-8-9-19(13-26-18)30-24-15-27-22(14-28-24)23-7-3-4-10-31(23)16-20-11-17-5-1-2-6-21(17)29-20/h1-2,5-6,8-9,11,13-15,23,29H,3-4,7,10,16H2,(H,28,30). The molecule has 1 atom stereocenters. The van der Waals surface area contributed by atoms with Crippen LogP contribution in [0.3, 0.4) is 0 Å². The van der Waals surface area contributed by atoms with Crippen molar-refractivity contribution in [1.82, 2.24) is 24.8 Å². The molecule has 0 spiro atoms. The zero-order chi connectivity index (χ0) is 21.0. The molecule has 7 heteroatoms. The van der Waals surface area contributed by atoms with E-state index in [4.69, 9.17) is 10.2 Å². The van der Waals surface area contributed by atoms with Crippen molar-refractivity contribution >= 4 is 22.4 Å². The molecule has 1 aromatic carbocycles. The summed E-state index contributed by atoms with van der Waals surface area (Å²) in [6, 6.07) is 16.4. The molecule has 3 aromatic heterocycles. The second kappa shape index (κ2) is 8.54. The molecular formula is C24H23N7. The maximum atomic E-state index is 8.86. The number of rotatable bonds is 5. The fourth-order valence-electron chi connectivity index (χ4n) is 4.21. The van der Waals surface area contributed by atoms with Gasteiger partial charge >= 0.3 is 0 Å². The Balaban J connectivity index is 1.30. The Labute approximate surface area is 180 Å². The number of hydrogen-bond acceptors (Lipinski definition) is 6. The molecule has 4 heterocycles. The maximum absolute atomic E-state index is 8.86. The van der Waals surface area contributed by atoms with Gasteiger partial charge in [0.05, 0.1) is 36.0 Å². The molecular weight excluding hydrogens is 386 g/mol. The molecule has 0 saturated carbocycles. The summed E-state index contributed by atoms with van der Waals surface area (Å²) in [6.07, 6.45) is 8.75. The number of H-pyrrole nitrogens is 1. The fourth-order valence-corrected chi connectivity index (χ4v) is 4.21. The number of likely N-dealkylation sites (tertiary alicyclic amines) is 1. The lowest BCUT2D eigenvalue weighted by atomic mass is 9.99. The predicted molar refractivity (Wildman–Crippen MR) is 120 cm³/mol. The van der Waals surface area contributed by atoms with Gasteiger partial charge in [-0.3, -0.25) is 9.88 Å². The summed E-state index contributed by atoms with van der Waals surface area (Å²) in [6.45, 7) is 1.93. The van der Waals surface area contributed by atoms with Crippen LogP contribution in [0, 0.1) is 11.3 Å². The van der Waals surface area contributed by atoms with Crippen LogP contribution in [0.5, 0.6) is 0 Å². The number of aromatic nitrogens is 4.